The monoisotopic (exact) mass is 282 g/mol. The first-order valence-electron chi connectivity index (χ1n) is 6.82. The van der Waals surface area contributed by atoms with Gasteiger partial charge in [0.25, 0.3) is 5.91 Å². The number of nitrogens with zero attached hydrogens (tertiary/aromatic N) is 1. The molecule has 5 nitrogen and oxygen atoms in total. The van der Waals surface area contributed by atoms with Gasteiger partial charge < -0.3 is 9.47 Å². The third-order valence-corrected chi connectivity index (χ3v) is 4.51. The number of nitrogens with one attached hydrogen (secondary N) is 1. The predicted molar refractivity (Wildman–Crippen MR) is 72.6 cm³/mol. The summed E-state index contributed by atoms with van der Waals surface area (Å²) in [6.07, 6.45) is 5.32. The van der Waals surface area contributed by atoms with Crippen molar-refractivity contribution in [1.29, 1.82) is 0 Å². The zero-order valence-electron chi connectivity index (χ0n) is 10.8. The van der Waals surface area contributed by atoms with Gasteiger partial charge >= 0.3 is 0 Å². The minimum Gasteiger partial charge on any atom is -0.376 e. The van der Waals surface area contributed by atoms with Crippen LogP contribution in [0.25, 0.3) is 0 Å². The van der Waals surface area contributed by atoms with Crippen molar-refractivity contribution in [2.24, 2.45) is 0 Å². The molecule has 2 heterocycles. The van der Waals surface area contributed by atoms with E-state index in [-0.39, 0.29) is 5.91 Å². The number of amides is 1. The SMILES string of the molecule is O=C(Nc1nc2c(s1)CCCCC2)C1COCCO1. The number of rotatable bonds is 2. The van der Waals surface area contributed by atoms with Crippen LogP contribution in [-0.4, -0.2) is 36.8 Å². The molecule has 1 atom stereocenters. The molecule has 1 aromatic rings. The summed E-state index contributed by atoms with van der Waals surface area (Å²) < 4.78 is 10.6. The summed E-state index contributed by atoms with van der Waals surface area (Å²) in [5, 5.41) is 3.55. The molecule has 19 heavy (non-hydrogen) atoms. The zero-order valence-corrected chi connectivity index (χ0v) is 11.6. The summed E-state index contributed by atoms with van der Waals surface area (Å²) in [5.74, 6) is -0.149. The second kappa shape index (κ2) is 5.98. The lowest BCUT2D eigenvalue weighted by Crippen LogP contribution is -2.39. The third-order valence-electron chi connectivity index (χ3n) is 3.43. The zero-order chi connectivity index (χ0) is 13.1. The minimum atomic E-state index is -0.502. The van der Waals surface area contributed by atoms with Gasteiger partial charge in [-0.3, -0.25) is 10.1 Å². The van der Waals surface area contributed by atoms with Crippen LogP contribution in [-0.2, 0) is 27.1 Å². The number of carbonyl (C=O) groups is 1. The standard InChI is InChI=1S/C13H18N2O3S/c16-12(10-8-17-6-7-18-10)15-13-14-9-4-2-1-3-5-11(9)19-13/h10H,1-8H2,(H,14,15,16). The van der Waals surface area contributed by atoms with Gasteiger partial charge in [-0.15, -0.1) is 11.3 Å². The summed E-state index contributed by atoms with van der Waals surface area (Å²) >= 11 is 1.60. The van der Waals surface area contributed by atoms with Gasteiger partial charge in [-0.05, 0) is 25.7 Å². The van der Waals surface area contributed by atoms with Crippen LogP contribution in [0.2, 0.25) is 0 Å². The first kappa shape index (κ1) is 13.0. The van der Waals surface area contributed by atoms with Crippen LogP contribution < -0.4 is 5.32 Å². The van der Waals surface area contributed by atoms with Crippen molar-refractivity contribution >= 4 is 22.4 Å². The minimum absolute atomic E-state index is 0.149. The lowest BCUT2D eigenvalue weighted by Gasteiger charge is -2.21. The quantitative estimate of drug-likeness (QED) is 0.840. The smallest absolute Gasteiger partial charge is 0.257 e. The molecule has 1 aliphatic carbocycles. The molecule has 2 aliphatic rings. The van der Waals surface area contributed by atoms with E-state index >= 15 is 0 Å². The van der Waals surface area contributed by atoms with Crippen molar-refractivity contribution in [3.63, 3.8) is 0 Å². The van der Waals surface area contributed by atoms with Crippen molar-refractivity contribution in [1.82, 2.24) is 4.98 Å². The highest BCUT2D eigenvalue weighted by atomic mass is 32.1. The fourth-order valence-electron chi connectivity index (χ4n) is 2.41. The van der Waals surface area contributed by atoms with Crippen molar-refractivity contribution in [2.75, 3.05) is 25.1 Å². The van der Waals surface area contributed by atoms with Crippen LogP contribution in [0, 0.1) is 0 Å². The van der Waals surface area contributed by atoms with Crippen LogP contribution in [0.4, 0.5) is 5.13 Å². The average Bonchev–Trinajstić information content (AvgIpc) is 2.69. The summed E-state index contributed by atoms with van der Waals surface area (Å²) in [5.41, 5.74) is 1.17. The van der Waals surface area contributed by atoms with Gasteiger partial charge in [-0.1, -0.05) is 6.42 Å². The molecule has 0 saturated carbocycles. The van der Waals surface area contributed by atoms with Crippen LogP contribution in [0.1, 0.15) is 29.8 Å². The molecular weight excluding hydrogens is 264 g/mol. The molecule has 1 aliphatic heterocycles. The summed E-state index contributed by atoms with van der Waals surface area (Å²) in [4.78, 5) is 17.9. The average molecular weight is 282 g/mol. The number of aryl methyl sites for hydroxylation is 2. The molecule has 1 fully saturated rings. The number of ether oxygens (including phenoxy) is 2. The molecule has 1 saturated heterocycles. The van der Waals surface area contributed by atoms with E-state index in [2.05, 4.69) is 10.3 Å². The summed E-state index contributed by atoms with van der Waals surface area (Å²) in [6.45, 7) is 1.37. The summed E-state index contributed by atoms with van der Waals surface area (Å²) in [6, 6.07) is 0. The topological polar surface area (TPSA) is 60.5 Å². The number of aromatic nitrogens is 1. The number of fused-ring (bicyclic) bond motifs is 1. The maximum Gasteiger partial charge on any atom is 0.257 e. The molecule has 3 rings (SSSR count). The van der Waals surface area contributed by atoms with E-state index in [0.29, 0.717) is 25.0 Å². The van der Waals surface area contributed by atoms with Crippen molar-refractivity contribution in [3.05, 3.63) is 10.6 Å². The Morgan fingerprint density at radius 3 is 3.00 bits per heavy atom. The Bertz CT molecular complexity index is 431. The molecule has 1 N–H and O–H groups in total. The molecule has 0 aromatic carbocycles. The Labute approximate surface area is 116 Å². The fourth-order valence-corrected chi connectivity index (χ4v) is 3.46. The first-order valence-corrected chi connectivity index (χ1v) is 7.63. The van der Waals surface area contributed by atoms with Gasteiger partial charge in [-0.2, -0.15) is 0 Å². The van der Waals surface area contributed by atoms with Crippen molar-refractivity contribution < 1.29 is 14.3 Å². The van der Waals surface area contributed by atoms with E-state index < -0.39 is 6.10 Å². The highest BCUT2D eigenvalue weighted by Gasteiger charge is 2.24. The van der Waals surface area contributed by atoms with Gasteiger partial charge in [-0.25, -0.2) is 4.98 Å². The van der Waals surface area contributed by atoms with E-state index in [4.69, 9.17) is 9.47 Å². The van der Waals surface area contributed by atoms with E-state index in [1.54, 1.807) is 11.3 Å². The molecule has 1 unspecified atom stereocenters. The van der Waals surface area contributed by atoms with Gasteiger partial charge in [0.2, 0.25) is 0 Å². The van der Waals surface area contributed by atoms with Crippen molar-refractivity contribution in [2.45, 2.75) is 38.2 Å². The van der Waals surface area contributed by atoms with Gasteiger partial charge in [0.05, 0.1) is 25.5 Å². The maximum atomic E-state index is 12.0. The molecular formula is C13H18N2O3S. The molecule has 1 aromatic heterocycles. The van der Waals surface area contributed by atoms with Gasteiger partial charge in [0.15, 0.2) is 11.2 Å². The first-order chi connectivity index (χ1) is 9.33. The second-order valence-corrected chi connectivity index (χ2v) is 5.96. The Morgan fingerprint density at radius 1 is 1.26 bits per heavy atom. The Kier molecular flexibility index (Phi) is 4.10. The van der Waals surface area contributed by atoms with Gasteiger partial charge in [0, 0.05) is 4.88 Å². The molecule has 1 amide bonds. The molecule has 0 bridgehead atoms. The normalized spacial score (nSPS) is 23.5. The number of hydrogen-bond acceptors (Lipinski definition) is 5. The van der Waals surface area contributed by atoms with E-state index in [0.717, 1.165) is 12.8 Å². The third kappa shape index (κ3) is 3.13. The van der Waals surface area contributed by atoms with E-state index in [1.165, 1.54) is 29.8 Å². The Hall–Kier alpha value is -0.980. The molecule has 104 valence electrons. The van der Waals surface area contributed by atoms with Crippen molar-refractivity contribution in [3.8, 4) is 0 Å². The van der Waals surface area contributed by atoms with Crippen LogP contribution in [0.15, 0.2) is 0 Å². The molecule has 0 radical (unpaired) electrons. The highest BCUT2D eigenvalue weighted by molar-refractivity contribution is 7.15. The van der Waals surface area contributed by atoms with E-state index in [1.807, 2.05) is 0 Å². The highest BCUT2D eigenvalue weighted by Crippen LogP contribution is 2.29. The number of hydrogen-bond donors (Lipinski definition) is 1. The largest absolute Gasteiger partial charge is 0.376 e. The maximum absolute atomic E-state index is 12.0. The van der Waals surface area contributed by atoms with E-state index in [9.17, 15) is 4.79 Å². The number of thiazole rings is 1. The number of carbonyl (C=O) groups excluding carboxylic acids is 1. The van der Waals surface area contributed by atoms with Crippen LogP contribution >= 0.6 is 11.3 Å². The van der Waals surface area contributed by atoms with Crippen LogP contribution in [0.5, 0.6) is 0 Å². The Morgan fingerprint density at radius 2 is 2.16 bits per heavy atom. The fraction of sp³-hybridized carbons (Fsp3) is 0.692. The lowest BCUT2D eigenvalue weighted by molar-refractivity contribution is -0.142. The predicted octanol–water partition coefficient (Wildman–Crippen LogP) is 1.77. The second-order valence-electron chi connectivity index (χ2n) is 4.87. The van der Waals surface area contributed by atoms with Gasteiger partial charge in [0.1, 0.15) is 0 Å². The lowest BCUT2D eigenvalue weighted by atomic mass is 10.2. The number of anilines is 1. The molecule has 6 heteroatoms. The molecule has 0 spiro atoms. The Balaban J connectivity index is 1.64. The summed E-state index contributed by atoms with van der Waals surface area (Å²) in [7, 11) is 0. The van der Waals surface area contributed by atoms with Crippen LogP contribution in [0.3, 0.4) is 0 Å².